The Labute approximate surface area is 172 Å². The number of nitrogens with zero attached hydrogens (tertiary/aromatic N) is 2. The van der Waals surface area contributed by atoms with Crippen LogP contribution in [0.25, 0.3) is 0 Å². The Balaban J connectivity index is 1.68. The monoisotopic (exact) mass is 404 g/mol. The van der Waals surface area contributed by atoms with Gasteiger partial charge in [0.05, 0.1) is 14.2 Å². The van der Waals surface area contributed by atoms with Gasteiger partial charge in [0.2, 0.25) is 12.5 Å². The van der Waals surface area contributed by atoms with Gasteiger partial charge in [0.25, 0.3) is 0 Å². The van der Waals surface area contributed by atoms with Crippen molar-refractivity contribution in [1.82, 2.24) is 4.90 Å². The molecule has 0 unspecified atom stereocenters. The zero-order valence-corrected chi connectivity index (χ0v) is 17.8. The highest BCUT2D eigenvalue weighted by atomic mass is 16.6. The fourth-order valence-corrected chi connectivity index (χ4v) is 5.52. The summed E-state index contributed by atoms with van der Waals surface area (Å²) in [5.41, 5.74) is 0.813. The van der Waals surface area contributed by atoms with Crippen molar-refractivity contribution in [2.24, 2.45) is 23.2 Å². The molecule has 0 bridgehead atoms. The predicted molar refractivity (Wildman–Crippen MR) is 110 cm³/mol. The minimum absolute atomic E-state index is 0.0303. The molecule has 1 heterocycles. The first kappa shape index (κ1) is 21.4. The average molecular weight is 405 g/mol. The number of methoxy groups -OCH3 is 2. The molecule has 0 spiro atoms. The Kier molecular flexibility index (Phi) is 6.34. The van der Waals surface area contributed by atoms with Crippen LogP contribution >= 0.6 is 0 Å². The van der Waals surface area contributed by atoms with Gasteiger partial charge in [-0.1, -0.05) is 19.9 Å². The third-order valence-electron chi connectivity index (χ3n) is 7.22. The second kappa shape index (κ2) is 8.59. The minimum atomic E-state index is -0.276. The van der Waals surface area contributed by atoms with Crippen LogP contribution in [0.4, 0.5) is 0 Å². The van der Waals surface area contributed by atoms with Crippen LogP contribution < -0.4 is 9.47 Å². The SMILES string of the molecule is COc1ccc(CCN2CC[C@@H]3C[C@H](C)[C@@H](C[N+](=O)[O-])[C@@]3(C)CC2=O)cc1OC. The molecule has 0 N–H and O–H groups in total. The molecule has 7 nitrogen and oxygen atoms in total. The number of carbonyl (C=O) groups is 1. The largest absolute Gasteiger partial charge is 0.493 e. The van der Waals surface area contributed by atoms with Crippen molar-refractivity contribution in [3.63, 3.8) is 0 Å². The van der Waals surface area contributed by atoms with Crippen molar-refractivity contribution in [2.75, 3.05) is 33.9 Å². The highest BCUT2D eigenvalue weighted by Gasteiger charge is 2.54. The normalized spacial score (nSPS) is 29.3. The van der Waals surface area contributed by atoms with E-state index in [1.54, 1.807) is 14.2 Å². The molecule has 160 valence electrons. The van der Waals surface area contributed by atoms with Crippen LogP contribution in [0.15, 0.2) is 18.2 Å². The van der Waals surface area contributed by atoms with Gasteiger partial charge in [-0.25, -0.2) is 0 Å². The zero-order valence-electron chi connectivity index (χ0n) is 17.8. The summed E-state index contributed by atoms with van der Waals surface area (Å²) >= 11 is 0. The smallest absolute Gasteiger partial charge is 0.223 e. The van der Waals surface area contributed by atoms with E-state index in [2.05, 4.69) is 13.8 Å². The first-order valence-corrected chi connectivity index (χ1v) is 10.4. The number of benzene rings is 1. The van der Waals surface area contributed by atoms with E-state index in [0.717, 1.165) is 31.4 Å². The molecule has 1 aromatic rings. The van der Waals surface area contributed by atoms with E-state index >= 15 is 0 Å². The van der Waals surface area contributed by atoms with Gasteiger partial charge in [0, 0.05) is 30.4 Å². The molecule has 1 aliphatic carbocycles. The highest BCUT2D eigenvalue weighted by molar-refractivity contribution is 5.77. The maximum absolute atomic E-state index is 13.1. The summed E-state index contributed by atoms with van der Waals surface area (Å²) in [6.07, 6.45) is 3.05. The van der Waals surface area contributed by atoms with Crippen molar-refractivity contribution in [3.05, 3.63) is 33.9 Å². The number of rotatable bonds is 7. The molecule has 7 heteroatoms. The second-order valence-corrected chi connectivity index (χ2v) is 8.82. The molecule has 29 heavy (non-hydrogen) atoms. The lowest BCUT2D eigenvalue weighted by molar-refractivity contribution is -0.492. The van der Waals surface area contributed by atoms with Crippen molar-refractivity contribution in [2.45, 2.75) is 39.5 Å². The van der Waals surface area contributed by atoms with Crippen molar-refractivity contribution in [1.29, 1.82) is 0 Å². The Morgan fingerprint density at radius 1 is 1.28 bits per heavy atom. The van der Waals surface area contributed by atoms with Crippen LogP contribution in [0.1, 0.15) is 38.7 Å². The molecular weight excluding hydrogens is 372 g/mol. The third-order valence-corrected chi connectivity index (χ3v) is 7.22. The molecule has 2 fully saturated rings. The number of likely N-dealkylation sites (tertiary alicyclic amines) is 1. The molecule has 4 atom stereocenters. The van der Waals surface area contributed by atoms with Gasteiger partial charge in [0.1, 0.15) is 0 Å². The number of hydrogen-bond acceptors (Lipinski definition) is 5. The van der Waals surface area contributed by atoms with Crippen LogP contribution in [0, 0.1) is 33.3 Å². The maximum atomic E-state index is 13.1. The molecule has 3 rings (SSSR count). The lowest BCUT2D eigenvalue weighted by Crippen LogP contribution is -2.38. The van der Waals surface area contributed by atoms with Crippen molar-refractivity contribution >= 4 is 5.91 Å². The van der Waals surface area contributed by atoms with Crippen LogP contribution in [-0.4, -0.2) is 49.6 Å². The Morgan fingerprint density at radius 3 is 2.66 bits per heavy atom. The minimum Gasteiger partial charge on any atom is -0.493 e. The fourth-order valence-electron chi connectivity index (χ4n) is 5.52. The van der Waals surface area contributed by atoms with Gasteiger partial charge < -0.3 is 14.4 Å². The molecule has 1 aliphatic heterocycles. The molecule has 1 saturated heterocycles. The summed E-state index contributed by atoms with van der Waals surface area (Å²) in [6, 6.07) is 5.83. The number of carbonyl (C=O) groups excluding carboxylic acids is 1. The topological polar surface area (TPSA) is 81.9 Å². The van der Waals surface area contributed by atoms with Gasteiger partial charge in [-0.15, -0.1) is 0 Å². The van der Waals surface area contributed by atoms with Gasteiger partial charge >= 0.3 is 0 Å². The fraction of sp³-hybridized carbons (Fsp3) is 0.682. The number of hydrogen-bond donors (Lipinski definition) is 0. The molecule has 1 saturated carbocycles. The summed E-state index contributed by atoms with van der Waals surface area (Å²) in [7, 11) is 3.22. The highest BCUT2D eigenvalue weighted by Crippen LogP contribution is 2.55. The maximum Gasteiger partial charge on any atom is 0.223 e. The van der Waals surface area contributed by atoms with E-state index < -0.39 is 0 Å². The van der Waals surface area contributed by atoms with Gasteiger partial charge in [0.15, 0.2) is 11.5 Å². The average Bonchev–Trinajstić information content (AvgIpc) is 2.83. The number of nitro groups is 1. The first-order chi connectivity index (χ1) is 13.8. The molecule has 0 radical (unpaired) electrons. The van der Waals surface area contributed by atoms with Crippen molar-refractivity contribution in [3.8, 4) is 11.5 Å². The lowest BCUT2D eigenvalue weighted by atomic mass is 9.69. The van der Waals surface area contributed by atoms with E-state index in [1.165, 1.54) is 0 Å². The van der Waals surface area contributed by atoms with Gasteiger partial charge in [-0.3, -0.25) is 14.9 Å². The van der Waals surface area contributed by atoms with Crippen LogP contribution in [0.3, 0.4) is 0 Å². The summed E-state index contributed by atoms with van der Waals surface area (Å²) in [4.78, 5) is 26.0. The molecule has 0 aromatic heterocycles. The second-order valence-electron chi connectivity index (χ2n) is 8.82. The molecule has 1 amide bonds. The van der Waals surface area contributed by atoms with E-state index in [9.17, 15) is 14.9 Å². The Bertz CT molecular complexity index is 768. The van der Waals surface area contributed by atoms with Crippen LogP contribution in [0.5, 0.6) is 11.5 Å². The van der Waals surface area contributed by atoms with Crippen LogP contribution in [0.2, 0.25) is 0 Å². The predicted octanol–water partition coefficient (Wildman–Crippen LogP) is 3.42. The van der Waals surface area contributed by atoms with Gasteiger partial charge in [-0.05, 0) is 54.2 Å². The zero-order chi connectivity index (χ0) is 21.2. The third kappa shape index (κ3) is 4.33. The summed E-state index contributed by atoms with van der Waals surface area (Å²) in [5, 5.41) is 11.2. The van der Waals surface area contributed by atoms with E-state index in [0.29, 0.717) is 36.3 Å². The Morgan fingerprint density at radius 2 is 2.00 bits per heavy atom. The Hall–Kier alpha value is -2.31. The number of fused-ring (bicyclic) bond motifs is 1. The number of amides is 1. The molecular formula is C22H32N2O5. The summed E-state index contributed by atoms with van der Waals surface area (Å²) in [5.74, 6) is 2.13. The molecule has 1 aromatic carbocycles. The van der Waals surface area contributed by atoms with E-state index in [1.807, 2.05) is 23.1 Å². The number of ether oxygens (including phenoxy) is 2. The standard InChI is InChI=1S/C22H32N2O5/c1-15-11-17-8-10-23(21(25)13-22(17,2)18(15)14-24(26)27)9-7-16-5-6-19(28-3)20(12-16)29-4/h5-6,12,15,17-18H,7-11,13-14H2,1-4H3/t15-,17+,18+,22-/m0/s1. The van der Waals surface area contributed by atoms with Gasteiger partial charge in [-0.2, -0.15) is 0 Å². The lowest BCUT2D eigenvalue weighted by Gasteiger charge is -2.33. The quantitative estimate of drug-likeness (QED) is 0.514. The van der Waals surface area contributed by atoms with Crippen molar-refractivity contribution < 1.29 is 19.2 Å². The van der Waals surface area contributed by atoms with Crippen LogP contribution in [-0.2, 0) is 11.2 Å². The van der Waals surface area contributed by atoms with E-state index in [4.69, 9.17) is 9.47 Å². The van der Waals surface area contributed by atoms with E-state index in [-0.39, 0.29) is 28.7 Å². The first-order valence-electron chi connectivity index (χ1n) is 10.4. The molecule has 2 aliphatic rings. The summed E-state index contributed by atoms with van der Waals surface area (Å²) < 4.78 is 10.6. The summed E-state index contributed by atoms with van der Waals surface area (Å²) in [6.45, 7) is 5.54.